The molecule has 1 fully saturated rings. The molecular formula is C20H22F4N6O3. The molecule has 5 N–H and O–H groups in total. The average molecular weight is 470 g/mol. The van der Waals surface area contributed by atoms with E-state index in [4.69, 9.17) is 26.1 Å². The van der Waals surface area contributed by atoms with Crippen molar-refractivity contribution in [2.75, 3.05) is 30.3 Å². The van der Waals surface area contributed by atoms with Gasteiger partial charge in [0.2, 0.25) is 0 Å². The number of nitrogens with zero attached hydrogens (tertiary/aromatic N) is 4. The molecule has 3 aromatic rings. The van der Waals surface area contributed by atoms with Gasteiger partial charge in [0.25, 0.3) is 0 Å². The second-order valence-electron chi connectivity index (χ2n) is 7.13. The van der Waals surface area contributed by atoms with Crippen LogP contribution in [-0.4, -0.2) is 51.5 Å². The van der Waals surface area contributed by atoms with E-state index in [-0.39, 0.29) is 11.9 Å². The third-order valence-corrected chi connectivity index (χ3v) is 4.88. The molecule has 0 saturated carbocycles. The van der Waals surface area contributed by atoms with Gasteiger partial charge in [-0.1, -0.05) is 0 Å². The first-order chi connectivity index (χ1) is 15.6. The van der Waals surface area contributed by atoms with Crippen molar-refractivity contribution < 1.29 is 32.2 Å². The van der Waals surface area contributed by atoms with Crippen molar-refractivity contribution in [3.05, 3.63) is 48.0 Å². The number of carbonyl (C=O) groups is 1. The number of aromatic nitrogens is 3. The fourth-order valence-corrected chi connectivity index (χ4v) is 3.48. The quantitative estimate of drug-likeness (QED) is 0.485. The molecule has 0 spiro atoms. The fraction of sp³-hybridized carbons (Fsp3) is 0.350. The van der Waals surface area contributed by atoms with E-state index in [0.29, 0.717) is 30.2 Å². The number of aliphatic carboxylic acids is 1. The molecule has 13 heteroatoms. The minimum absolute atomic E-state index is 0.0161. The van der Waals surface area contributed by atoms with Gasteiger partial charge in [-0.15, -0.1) is 0 Å². The van der Waals surface area contributed by atoms with E-state index in [9.17, 15) is 17.6 Å². The van der Waals surface area contributed by atoms with Crippen LogP contribution in [0.4, 0.5) is 29.1 Å². The lowest BCUT2D eigenvalue weighted by Crippen LogP contribution is -2.24. The van der Waals surface area contributed by atoms with Crippen LogP contribution in [0.25, 0.3) is 5.65 Å². The fourth-order valence-electron chi connectivity index (χ4n) is 3.48. The number of alkyl halides is 3. The van der Waals surface area contributed by atoms with Crippen LogP contribution in [0.15, 0.2) is 36.7 Å². The molecule has 4 rings (SSSR count). The Morgan fingerprint density at radius 3 is 2.70 bits per heavy atom. The van der Waals surface area contributed by atoms with Gasteiger partial charge in [-0.05, 0) is 37.1 Å². The van der Waals surface area contributed by atoms with Crippen LogP contribution in [0.2, 0.25) is 0 Å². The van der Waals surface area contributed by atoms with Crippen LogP contribution in [0.5, 0.6) is 5.75 Å². The first-order valence-electron chi connectivity index (χ1n) is 9.90. The summed E-state index contributed by atoms with van der Waals surface area (Å²) in [4.78, 5) is 15.7. The van der Waals surface area contributed by atoms with Gasteiger partial charge in [-0.25, -0.2) is 18.7 Å². The van der Waals surface area contributed by atoms with Crippen LogP contribution in [-0.2, 0) is 4.79 Å². The number of ether oxygens (including phenoxy) is 1. The van der Waals surface area contributed by atoms with E-state index in [1.54, 1.807) is 22.8 Å². The third-order valence-electron chi connectivity index (χ3n) is 4.88. The number of anilines is 2. The van der Waals surface area contributed by atoms with Crippen molar-refractivity contribution in [1.29, 1.82) is 0 Å². The second kappa shape index (κ2) is 9.90. The zero-order valence-electron chi connectivity index (χ0n) is 17.3. The number of benzene rings is 1. The topological polar surface area (TPSA) is 132 Å². The predicted molar refractivity (Wildman–Crippen MR) is 111 cm³/mol. The highest BCUT2D eigenvalue weighted by molar-refractivity contribution is 5.73. The Labute approximate surface area is 185 Å². The van der Waals surface area contributed by atoms with Crippen molar-refractivity contribution in [2.24, 2.45) is 5.73 Å². The molecule has 3 heterocycles. The Balaban J connectivity index is 0.000000383. The number of fused-ring (bicyclic) bond motifs is 1. The third kappa shape index (κ3) is 5.61. The Morgan fingerprint density at radius 2 is 2.03 bits per heavy atom. The van der Waals surface area contributed by atoms with Gasteiger partial charge in [0.05, 0.1) is 17.9 Å². The normalized spacial score (nSPS) is 15.9. The molecule has 0 aliphatic carbocycles. The summed E-state index contributed by atoms with van der Waals surface area (Å²) in [6.45, 7) is 1.63. The predicted octanol–water partition coefficient (Wildman–Crippen LogP) is 2.76. The first-order valence-corrected chi connectivity index (χ1v) is 9.90. The molecule has 33 heavy (non-hydrogen) atoms. The summed E-state index contributed by atoms with van der Waals surface area (Å²) >= 11 is 0. The number of carboxylic acids is 1. The maximum absolute atomic E-state index is 13.9. The van der Waals surface area contributed by atoms with Gasteiger partial charge in [0, 0.05) is 24.8 Å². The highest BCUT2D eigenvalue weighted by Gasteiger charge is 2.38. The monoisotopic (exact) mass is 470 g/mol. The van der Waals surface area contributed by atoms with Crippen molar-refractivity contribution in [2.45, 2.75) is 25.1 Å². The minimum Gasteiger partial charge on any atom is -0.492 e. The molecule has 1 aliphatic rings. The summed E-state index contributed by atoms with van der Waals surface area (Å²) in [5.41, 5.74) is 13.5. The molecule has 1 aromatic carbocycles. The molecule has 1 saturated heterocycles. The van der Waals surface area contributed by atoms with Crippen LogP contribution in [0.3, 0.4) is 0 Å². The van der Waals surface area contributed by atoms with Gasteiger partial charge in [-0.3, -0.25) is 0 Å². The summed E-state index contributed by atoms with van der Waals surface area (Å²) in [5, 5.41) is 11.3. The molecular weight excluding hydrogens is 448 g/mol. The average Bonchev–Trinajstić information content (AvgIpc) is 3.39. The van der Waals surface area contributed by atoms with Crippen LogP contribution in [0, 0.1) is 5.82 Å². The molecule has 1 unspecified atom stereocenters. The molecule has 0 amide bonds. The van der Waals surface area contributed by atoms with Gasteiger partial charge in [0.15, 0.2) is 5.65 Å². The number of hydrogen-bond acceptors (Lipinski definition) is 7. The van der Waals surface area contributed by atoms with Gasteiger partial charge < -0.3 is 26.2 Å². The van der Waals surface area contributed by atoms with Gasteiger partial charge in [0.1, 0.15) is 24.0 Å². The van der Waals surface area contributed by atoms with E-state index in [1.807, 2.05) is 12.3 Å². The Kier molecular flexibility index (Phi) is 7.21. The van der Waals surface area contributed by atoms with Crippen LogP contribution < -0.4 is 21.1 Å². The van der Waals surface area contributed by atoms with E-state index in [2.05, 4.69) is 15.0 Å². The van der Waals surface area contributed by atoms with E-state index in [0.717, 1.165) is 30.8 Å². The lowest BCUT2D eigenvalue weighted by atomic mass is 10.0. The summed E-state index contributed by atoms with van der Waals surface area (Å²) in [5.74, 6) is -1.58. The largest absolute Gasteiger partial charge is 0.492 e. The highest BCUT2D eigenvalue weighted by Crippen LogP contribution is 2.39. The number of hydrogen-bond donors (Lipinski definition) is 3. The molecule has 1 aliphatic heterocycles. The Morgan fingerprint density at radius 1 is 1.30 bits per heavy atom. The maximum Gasteiger partial charge on any atom is 0.490 e. The maximum atomic E-state index is 13.9. The lowest BCUT2D eigenvalue weighted by Gasteiger charge is -2.27. The second-order valence-corrected chi connectivity index (χ2v) is 7.13. The number of nitrogens with two attached hydrogens (primary N) is 2. The van der Waals surface area contributed by atoms with Gasteiger partial charge >= 0.3 is 12.1 Å². The summed E-state index contributed by atoms with van der Waals surface area (Å²) in [7, 11) is 0. The SMILES string of the molecule is NCCOc1ccc(F)cc1C1CCCN1c1ccn2ncc(N)c2n1.O=C(O)C(F)(F)F. The van der Waals surface area contributed by atoms with Crippen molar-refractivity contribution in [3.63, 3.8) is 0 Å². The molecule has 1 atom stereocenters. The number of carboxylic acid groups (broad SMARTS) is 1. The Bertz CT molecular complexity index is 1120. The minimum atomic E-state index is -5.08. The zero-order chi connectivity index (χ0) is 24.2. The molecule has 9 nitrogen and oxygen atoms in total. The number of rotatable bonds is 5. The van der Waals surface area contributed by atoms with E-state index in [1.165, 1.54) is 6.07 Å². The standard InChI is InChI=1S/C18H21FN6O.C2HF3O2/c19-12-3-4-16(26-9-6-20)13(10-12)15-2-1-7-24(15)17-5-8-25-18(23-17)14(21)11-22-25;3-2(4,5)1(6)7/h3-5,8,10-11,15H,1-2,6-7,9,20-21H2;(H,6,7). The van der Waals surface area contributed by atoms with Crippen LogP contribution in [0.1, 0.15) is 24.4 Å². The number of nitrogen functional groups attached to an aromatic ring is 1. The van der Waals surface area contributed by atoms with E-state index >= 15 is 0 Å². The smallest absolute Gasteiger partial charge is 0.490 e. The van der Waals surface area contributed by atoms with Crippen molar-refractivity contribution in [1.82, 2.24) is 14.6 Å². The van der Waals surface area contributed by atoms with Crippen LogP contribution >= 0.6 is 0 Å². The molecule has 2 aromatic heterocycles. The highest BCUT2D eigenvalue weighted by atomic mass is 19.4. The Hall–Kier alpha value is -3.61. The molecule has 0 radical (unpaired) electrons. The zero-order valence-corrected chi connectivity index (χ0v) is 17.3. The summed E-state index contributed by atoms with van der Waals surface area (Å²) < 4.78 is 53.0. The summed E-state index contributed by atoms with van der Waals surface area (Å²) in [6.07, 6.45) is 0.211. The summed E-state index contributed by atoms with van der Waals surface area (Å²) in [6, 6.07) is 6.50. The lowest BCUT2D eigenvalue weighted by molar-refractivity contribution is -0.192. The first kappa shape index (κ1) is 24.0. The van der Waals surface area contributed by atoms with Crippen molar-refractivity contribution in [3.8, 4) is 5.75 Å². The van der Waals surface area contributed by atoms with E-state index < -0.39 is 12.1 Å². The molecule has 178 valence electrons. The molecule has 0 bridgehead atoms. The van der Waals surface area contributed by atoms with Gasteiger partial charge in [-0.2, -0.15) is 18.3 Å². The number of halogens is 4. The van der Waals surface area contributed by atoms with Crippen molar-refractivity contribution >= 4 is 23.1 Å².